The lowest BCUT2D eigenvalue weighted by Gasteiger charge is -2.19. The fourth-order valence-electron chi connectivity index (χ4n) is 4.28. The summed E-state index contributed by atoms with van der Waals surface area (Å²) in [6.45, 7) is 5.29. The minimum Gasteiger partial charge on any atom is -0.480 e. The fourth-order valence-corrected chi connectivity index (χ4v) is 4.28. The van der Waals surface area contributed by atoms with Crippen molar-refractivity contribution >= 4 is 24.1 Å². The zero-order valence-electron chi connectivity index (χ0n) is 21.9. The number of amides is 3. The lowest BCUT2D eigenvalue weighted by Crippen LogP contribution is -2.45. The summed E-state index contributed by atoms with van der Waals surface area (Å²) in [6.07, 6.45) is -0.173. The Labute approximate surface area is 222 Å². The molecule has 0 aliphatic heterocycles. The molecular formula is C28H35N3O7. The number of hydrogen-bond donors (Lipinski definition) is 4. The number of carbonyl (C=O) groups excluding carboxylic acids is 3. The van der Waals surface area contributed by atoms with Gasteiger partial charge in [0.25, 0.3) is 0 Å². The van der Waals surface area contributed by atoms with E-state index in [1.807, 2.05) is 48.5 Å². The third-order valence-electron chi connectivity index (χ3n) is 5.96. The summed E-state index contributed by atoms with van der Waals surface area (Å²) in [7, 11) is 0. The van der Waals surface area contributed by atoms with Crippen LogP contribution in [0.5, 0.6) is 0 Å². The van der Waals surface area contributed by atoms with Crippen LogP contribution >= 0.6 is 0 Å². The molecule has 0 saturated carbocycles. The van der Waals surface area contributed by atoms with E-state index in [0.717, 1.165) is 22.3 Å². The first kappa shape index (κ1) is 28.5. The average molecular weight is 526 g/mol. The molecule has 0 fully saturated rings. The van der Waals surface area contributed by atoms with Gasteiger partial charge >= 0.3 is 18.2 Å². The second kappa shape index (κ2) is 12.9. The first-order chi connectivity index (χ1) is 18.0. The van der Waals surface area contributed by atoms with Crippen molar-refractivity contribution in [1.29, 1.82) is 0 Å². The molecule has 1 atom stereocenters. The maximum atomic E-state index is 12.3. The summed E-state index contributed by atoms with van der Waals surface area (Å²) >= 11 is 0. The van der Waals surface area contributed by atoms with E-state index in [-0.39, 0.29) is 18.9 Å². The van der Waals surface area contributed by atoms with Crippen LogP contribution in [0.4, 0.5) is 9.59 Å². The van der Waals surface area contributed by atoms with Crippen LogP contribution in [0.2, 0.25) is 0 Å². The van der Waals surface area contributed by atoms with Crippen molar-refractivity contribution in [1.82, 2.24) is 16.0 Å². The lowest BCUT2D eigenvalue weighted by atomic mass is 9.98. The number of nitrogens with one attached hydrogen (secondary N) is 3. The number of aliphatic carboxylic acids is 1. The summed E-state index contributed by atoms with van der Waals surface area (Å²) in [5, 5.41) is 16.8. The van der Waals surface area contributed by atoms with Gasteiger partial charge in [0.05, 0.1) is 0 Å². The molecule has 38 heavy (non-hydrogen) atoms. The molecule has 2 aromatic carbocycles. The van der Waals surface area contributed by atoms with Gasteiger partial charge in [-0.05, 0) is 62.3 Å². The monoisotopic (exact) mass is 525 g/mol. The molecule has 2 aromatic rings. The Bertz CT molecular complexity index is 1110. The highest BCUT2D eigenvalue weighted by atomic mass is 16.6. The molecule has 0 bridgehead atoms. The molecule has 1 aliphatic rings. The average Bonchev–Trinajstić information content (AvgIpc) is 3.18. The molecule has 10 nitrogen and oxygen atoms in total. The molecule has 1 aliphatic carbocycles. The zero-order valence-corrected chi connectivity index (χ0v) is 21.9. The lowest BCUT2D eigenvalue weighted by molar-refractivity contribution is -0.141. The molecule has 3 rings (SSSR count). The molecule has 0 saturated heterocycles. The van der Waals surface area contributed by atoms with E-state index in [1.54, 1.807) is 20.8 Å². The van der Waals surface area contributed by atoms with E-state index < -0.39 is 42.3 Å². The van der Waals surface area contributed by atoms with Crippen molar-refractivity contribution in [2.45, 2.75) is 57.6 Å². The van der Waals surface area contributed by atoms with Gasteiger partial charge < -0.3 is 30.5 Å². The molecule has 3 amide bonds. The predicted molar refractivity (Wildman–Crippen MR) is 141 cm³/mol. The molecule has 0 spiro atoms. The molecule has 4 N–H and O–H groups in total. The minimum atomic E-state index is -1.18. The van der Waals surface area contributed by atoms with Gasteiger partial charge in [-0.2, -0.15) is 0 Å². The Morgan fingerprint density at radius 1 is 0.895 bits per heavy atom. The van der Waals surface area contributed by atoms with E-state index in [2.05, 4.69) is 16.0 Å². The summed E-state index contributed by atoms with van der Waals surface area (Å²) in [5.74, 6) is -1.93. The van der Waals surface area contributed by atoms with E-state index in [0.29, 0.717) is 19.4 Å². The summed E-state index contributed by atoms with van der Waals surface area (Å²) in [6, 6.07) is 14.8. The van der Waals surface area contributed by atoms with Crippen LogP contribution in [0.15, 0.2) is 48.5 Å². The van der Waals surface area contributed by atoms with Crippen molar-refractivity contribution in [2.24, 2.45) is 0 Å². The van der Waals surface area contributed by atoms with E-state index in [1.165, 1.54) is 0 Å². The maximum absolute atomic E-state index is 12.3. The Kier molecular flexibility index (Phi) is 9.70. The van der Waals surface area contributed by atoms with Crippen LogP contribution in [0.1, 0.15) is 57.1 Å². The summed E-state index contributed by atoms with van der Waals surface area (Å²) < 4.78 is 10.5. The van der Waals surface area contributed by atoms with Crippen LogP contribution < -0.4 is 16.0 Å². The standard InChI is InChI=1S/C28H35N3O7/c1-28(2,3)38-27(36)29-15-9-8-14-23(25(33)34)31-24(32)16-30-26(35)37-17-22-20-12-6-4-10-18(20)19-11-5-7-13-21(19)22/h4-7,10-13,22-23H,8-9,14-17H2,1-3H3,(H,29,36)(H,30,35)(H,31,32)(H,33,34). The summed E-state index contributed by atoms with van der Waals surface area (Å²) in [5.41, 5.74) is 3.76. The number of alkyl carbamates (subject to hydrolysis) is 2. The molecule has 0 heterocycles. The first-order valence-electron chi connectivity index (χ1n) is 12.6. The van der Waals surface area contributed by atoms with Crippen molar-refractivity contribution < 1.29 is 33.8 Å². The van der Waals surface area contributed by atoms with Crippen LogP contribution in [0.3, 0.4) is 0 Å². The van der Waals surface area contributed by atoms with Gasteiger partial charge in [0.1, 0.15) is 24.8 Å². The van der Waals surface area contributed by atoms with Gasteiger partial charge in [-0.25, -0.2) is 14.4 Å². The molecule has 10 heteroatoms. The largest absolute Gasteiger partial charge is 0.480 e. The number of hydrogen-bond acceptors (Lipinski definition) is 6. The van der Waals surface area contributed by atoms with Crippen molar-refractivity contribution in [3.8, 4) is 11.1 Å². The van der Waals surface area contributed by atoms with Crippen LogP contribution in [0, 0.1) is 0 Å². The Morgan fingerprint density at radius 2 is 1.50 bits per heavy atom. The SMILES string of the molecule is CC(C)(C)OC(=O)NCCCCC(NC(=O)CNC(=O)OCC1c2ccccc2-c2ccccc21)C(=O)O. The number of ether oxygens (including phenoxy) is 2. The van der Waals surface area contributed by atoms with Gasteiger partial charge in [-0.3, -0.25) is 4.79 Å². The number of carboxylic acids is 1. The molecule has 0 aromatic heterocycles. The summed E-state index contributed by atoms with van der Waals surface area (Å²) in [4.78, 5) is 47.7. The third kappa shape index (κ3) is 8.22. The Hall–Kier alpha value is -4.08. The molecular weight excluding hydrogens is 490 g/mol. The zero-order chi connectivity index (χ0) is 27.7. The smallest absolute Gasteiger partial charge is 0.407 e. The number of unbranched alkanes of at least 4 members (excludes halogenated alkanes) is 1. The topological polar surface area (TPSA) is 143 Å². The minimum absolute atomic E-state index is 0.108. The highest BCUT2D eigenvalue weighted by Crippen LogP contribution is 2.44. The van der Waals surface area contributed by atoms with E-state index >= 15 is 0 Å². The van der Waals surface area contributed by atoms with Crippen LogP contribution in [-0.4, -0.2) is 60.5 Å². The molecule has 204 valence electrons. The Balaban J connectivity index is 1.38. The number of benzene rings is 2. The van der Waals surface area contributed by atoms with Crippen molar-refractivity contribution in [2.75, 3.05) is 19.7 Å². The van der Waals surface area contributed by atoms with Crippen LogP contribution in [-0.2, 0) is 19.1 Å². The van der Waals surface area contributed by atoms with Crippen molar-refractivity contribution in [3.63, 3.8) is 0 Å². The van der Waals surface area contributed by atoms with E-state index in [9.17, 15) is 24.3 Å². The number of carboxylic acid groups (broad SMARTS) is 1. The van der Waals surface area contributed by atoms with E-state index in [4.69, 9.17) is 9.47 Å². The highest BCUT2D eigenvalue weighted by Gasteiger charge is 2.29. The third-order valence-corrected chi connectivity index (χ3v) is 5.96. The predicted octanol–water partition coefficient (Wildman–Crippen LogP) is 3.79. The number of fused-ring (bicyclic) bond motifs is 3. The highest BCUT2D eigenvalue weighted by molar-refractivity contribution is 5.86. The Morgan fingerprint density at radius 3 is 2.08 bits per heavy atom. The quantitative estimate of drug-likeness (QED) is 0.327. The normalized spacial score (nSPS) is 13.0. The van der Waals surface area contributed by atoms with Crippen LogP contribution in [0.25, 0.3) is 11.1 Å². The van der Waals surface area contributed by atoms with Gasteiger partial charge in [0, 0.05) is 12.5 Å². The van der Waals surface area contributed by atoms with Gasteiger partial charge in [0.15, 0.2) is 0 Å². The van der Waals surface area contributed by atoms with Crippen molar-refractivity contribution in [3.05, 3.63) is 59.7 Å². The second-order valence-electron chi connectivity index (χ2n) is 10.1. The number of rotatable bonds is 11. The second-order valence-corrected chi connectivity index (χ2v) is 10.1. The first-order valence-corrected chi connectivity index (χ1v) is 12.6. The van der Waals surface area contributed by atoms with Gasteiger partial charge in [-0.1, -0.05) is 48.5 Å². The van der Waals surface area contributed by atoms with Gasteiger partial charge in [-0.15, -0.1) is 0 Å². The molecule has 0 radical (unpaired) electrons. The maximum Gasteiger partial charge on any atom is 0.407 e. The fraction of sp³-hybridized carbons (Fsp3) is 0.429. The molecule has 1 unspecified atom stereocenters. The number of carbonyl (C=O) groups is 4. The van der Waals surface area contributed by atoms with Gasteiger partial charge in [0.2, 0.25) is 5.91 Å².